The van der Waals surface area contributed by atoms with Crippen molar-refractivity contribution in [1.29, 1.82) is 0 Å². The molecule has 2 heteroatoms. The third-order valence-electron chi connectivity index (χ3n) is 2.44. The van der Waals surface area contributed by atoms with Gasteiger partial charge in [0.15, 0.2) is 0 Å². The number of nitrogens with two attached hydrogens (primary N) is 1. The van der Waals surface area contributed by atoms with Gasteiger partial charge < -0.3 is 10.5 Å². The van der Waals surface area contributed by atoms with Gasteiger partial charge in [-0.15, -0.1) is 0 Å². The maximum Gasteiger partial charge on any atom is 0.122 e. The first kappa shape index (κ1) is 11.1. The van der Waals surface area contributed by atoms with Crippen LogP contribution in [0.15, 0.2) is 12.1 Å². The van der Waals surface area contributed by atoms with Crippen molar-refractivity contribution in [3.05, 3.63) is 28.8 Å². The van der Waals surface area contributed by atoms with Crippen molar-refractivity contribution >= 4 is 0 Å². The van der Waals surface area contributed by atoms with E-state index in [0.29, 0.717) is 0 Å². The summed E-state index contributed by atoms with van der Waals surface area (Å²) >= 11 is 0. The Morgan fingerprint density at radius 3 is 2.36 bits per heavy atom. The van der Waals surface area contributed by atoms with Crippen LogP contribution in [0.5, 0.6) is 5.75 Å². The van der Waals surface area contributed by atoms with Crippen LogP contribution in [0.2, 0.25) is 0 Å². The average Bonchev–Trinajstić information content (AvgIpc) is 2.10. The summed E-state index contributed by atoms with van der Waals surface area (Å²) < 4.78 is 5.33. The van der Waals surface area contributed by atoms with E-state index in [-0.39, 0.29) is 6.04 Å². The highest BCUT2D eigenvalue weighted by Crippen LogP contribution is 2.23. The quantitative estimate of drug-likeness (QED) is 0.798. The zero-order valence-electron chi connectivity index (χ0n) is 9.42. The summed E-state index contributed by atoms with van der Waals surface area (Å²) in [5.41, 5.74) is 9.53. The molecule has 0 saturated carbocycles. The van der Waals surface area contributed by atoms with Gasteiger partial charge in [0.05, 0.1) is 7.11 Å². The highest BCUT2D eigenvalue weighted by atomic mass is 16.5. The molecule has 0 radical (unpaired) electrons. The minimum atomic E-state index is 0.172. The molecule has 0 fully saturated rings. The minimum absolute atomic E-state index is 0.172. The lowest BCUT2D eigenvalue weighted by Gasteiger charge is -2.13. The molecule has 0 heterocycles. The summed E-state index contributed by atoms with van der Waals surface area (Å²) in [7, 11) is 1.70. The van der Waals surface area contributed by atoms with E-state index in [1.807, 2.05) is 6.92 Å². The molecule has 1 aromatic carbocycles. The van der Waals surface area contributed by atoms with Crippen molar-refractivity contribution in [3.63, 3.8) is 0 Å². The van der Waals surface area contributed by atoms with E-state index in [1.165, 1.54) is 16.7 Å². The summed E-state index contributed by atoms with van der Waals surface area (Å²) in [5, 5.41) is 0. The summed E-state index contributed by atoms with van der Waals surface area (Å²) in [6.07, 6.45) is 0.865. The van der Waals surface area contributed by atoms with Crippen LogP contribution in [-0.2, 0) is 6.42 Å². The van der Waals surface area contributed by atoms with E-state index in [4.69, 9.17) is 10.5 Å². The fourth-order valence-electron chi connectivity index (χ4n) is 1.55. The molecule has 0 amide bonds. The van der Waals surface area contributed by atoms with E-state index in [2.05, 4.69) is 26.0 Å². The Morgan fingerprint density at radius 1 is 1.29 bits per heavy atom. The van der Waals surface area contributed by atoms with E-state index in [1.54, 1.807) is 7.11 Å². The smallest absolute Gasteiger partial charge is 0.122 e. The number of benzene rings is 1. The van der Waals surface area contributed by atoms with Gasteiger partial charge in [0.1, 0.15) is 5.75 Å². The Kier molecular flexibility index (Phi) is 3.53. The van der Waals surface area contributed by atoms with Gasteiger partial charge in [-0.2, -0.15) is 0 Å². The Balaban J connectivity index is 3.07. The fraction of sp³-hybridized carbons (Fsp3) is 0.500. The standard InChI is InChI=1S/C12H19NO/c1-8-5-11(7-10(3)13)12(14-4)6-9(8)2/h5-6,10H,7,13H2,1-4H3/t10-/m1/s1. The number of ether oxygens (including phenoxy) is 1. The lowest BCUT2D eigenvalue weighted by Crippen LogP contribution is -2.18. The van der Waals surface area contributed by atoms with Gasteiger partial charge >= 0.3 is 0 Å². The average molecular weight is 193 g/mol. The highest BCUT2D eigenvalue weighted by molar-refractivity contribution is 5.42. The van der Waals surface area contributed by atoms with E-state index >= 15 is 0 Å². The van der Waals surface area contributed by atoms with Gasteiger partial charge in [-0.25, -0.2) is 0 Å². The Morgan fingerprint density at radius 2 is 1.86 bits per heavy atom. The number of aryl methyl sites for hydroxylation is 2. The van der Waals surface area contributed by atoms with Gasteiger partial charge in [-0.1, -0.05) is 6.07 Å². The van der Waals surface area contributed by atoms with Crippen LogP contribution in [0.4, 0.5) is 0 Å². The van der Waals surface area contributed by atoms with Crippen molar-refractivity contribution in [2.24, 2.45) is 5.73 Å². The molecule has 2 N–H and O–H groups in total. The summed E-state index contributed by atoms with van der Waals surface area (Å²) in [4.78, 5) is 0. The van der Waals surface area contributed by atoms with E-state index in [9.17, 15) is 0 Å². The number of hydrogen-bond donors (Lipinski definition) is 1. The van der Waals surface area contributed by atoms with Crippen molar-refractivity contribution in [1.82, 2.24) is 0 Å². The van der Waals surface area contributed by atoms with Crippen LogP contribution >= 0.6 is 0 Å². The second-order valence-electron chi connectivity index (χ2n) is 3.93. The minimum Gasteiger partial charge on any atom is -0.496 e. The normalized spacial score (nSPS) is 12.6. The van der Waals surface area contributed by atoms with E-state index in [0.717, 1.165) is 12.2 Å². The van der Waals surface area contributed by atoms with Crippen molar-refractivity contribution in [3.8, 4) is 5.75 Å². The van der Waals surface area contributed by atoms with Crippen LogP contribution in [0.25, 0.3) is 0 Å². The molecule has 0 saturated heterocycles. The zero-order chi connectivity index (χ0) is 10.7. The number of methoxy groups -OCH3 is 1. The molecule has 0 aliphatic heterocycles. The molecule has 2 nitrogen and oxygen atoms in total. The monoisotopic (exact) mass is 193 g/mol. The molecule has 0 aliphatic rings. The van der Waals surface area contributed by atoms with Crippen LogP contribution in [0.1, 0.15) is 23.6 Å². The Hall–Kier alpha value is -1.02. The molecule has 14 heavy (non-hydrogen) atoms. The third kappa shape index (κ3) is 2.48. The second-order valence-corrected chi connectivity index (χ2v) is 3.93. The number of hydrogen-bond acceptors (Lipinski definition) is 2. The predicted molar refractivity (Wildman–Crippen MR) is 59.8 cm³/mol. The summed E-state index contributed by atoms with van der Waals surface area (Å²) in [6, 6.07) is 4.41. The van der Waals surface area contributed by atoms with Crippen molar-refractivity contribution in [2.75, 3.05) is 7.11 Å². The van der Waals surface area contributed by atoms with Crippen LogP contribution in [0, 0.1) is 13.8 Å². The molecule has 1 atom stereocenters. The van der Waals surface area contributed by atoms with Gasteiger partial charge in [-0.3, -0.25) is 0 Å². The first-order valence-electron chi connectivity index (χ1n) is 4.94. The molecule has 78 valence electrons. The largest absolute Gasteiger partial charge is 0.496 e. The molecule has 0 aliphatic carbocycles. The van der Waals surface area contributed by atoms with Gasteiger partial charge in [0.2, 0.25) is 0 Å². The summed E-state index contributed by atoms with van der Waals surface area (Å²) in [6.45, 7) is 6.21. The molecular formula is C12H19NO. The molecular weight excluding hydrogens is 174 g/mol. The molecule has 0 spiro atoms. The number of rotatable bonds is 3. The zero-order valence-corrected chi connectivity index (χ0v) is 9.42. The topological polar surface area (TPSA) is 35.2 Å². The summed E-state index contributed by atoms with van der Waals surface area (Å²) in [5.74, 6) is 0.949. The molecule has 0 aromatic heterocycles. The first-order valence-corrected chi connectivity index (χ1v) is 4.94. The fourth-order valence-corrected chi connectivity index (χ4v) is 1.55. The second kappa shape index (κ2) is 4.47. The van der Waals surface area contributed by atoms with Crippen molar-refractivity contribution in [2.45, 2.75) is 33.2 Å². The van der Waals surface area contributed by atoms with Crippen LogP contribution in [0.3, 0.4) is 0 Å². The van der Waals surface area contributed by atoms with Gasteiger partial charge in [-0.05, 0) is 49.9 Å². The van der Waals surface area contributed by atoms with Gasteiger partial charge in [0, 0.05) is 6.04 Å². The maximum absolute atomic E-state index is 5.78. The lowest BCUT2D eigenvalue weighted by molar-refractivity contribution is 0.408. The first-order chi connectivity index (χ1) is 6.54. The van der Waals surface area contributed by atoms with Gasteiger partial charge in [0.25, 0.3) is 0 Å². The van der Waals surface area contributed by atoms with E-state index < -0.39 is 0 Å². The molecule has 0 unspecified atom stereocenters. The molecule has 1 aromatic rings. The molecule has 0 bridgehead atoms. The SMILES string of the molecule is COc1cc(C)c(C)cc1C[C@@H](C)N. The maximum atomic E-state index is 5.78. The highest BCUT2D eigenvalue weighted by Gasteiger charge is 2.07. The third-order valence-corrected chi connectivity index (χ3v) is 2.44. The Bertz CT molecular complexity index is 318. The van der Waals surface area contributed by atoms with Crippen LogP contribution in [-0.4, -0.2) is 13.2 Å². The Labute approximate surface area is 86.1 Å². The molecule has 1 rings (SSSR count). The van der Waals surface area contributed by atoms with Crippen LogP contribution < -0.4 is 10.5 Å². The lowest BCUT2D eigenvalue weighted by atomic mass is 10.0. The van der Waals surface area contributed by atoms with Crippen molar-refractivity contribution < 1.29 is 4.74 Å². The predicted octanol–water partition coefficient (Wildman–Crippen LogP) is 2.20.